The Morgan fingerprint density at radius 3 is 0.868 bits per heavy atom. The van der Waals surface area contributed by atoms with E-state index in [1.807, 2.05) is 0 Å². The van der Waals surface area contributed by atoms with Gasteiger partial charge in [-0.1, -0.05) is 60.7 Å². The van der Waals surface area contributed by atoms with Crippen molar-refractivity contribution < 1.29 is 79.0 Å². The van der Waals surface area contributed by atoms with Gasteiger partial charge in [0.1, 0.15) is 0 Å². The van der Waals surface area contributed by atoms with Gasteiger partial charge in [0.25, 0.3) is 0 Å². The van der Waals surface area contributed by atoms with Crippen LogP contribution >= 0.6 is 0 Å². The number of fused-ring (bicyclic) bond motifs is 7. The van der Waals surface area contributed by atoms with E-state index in [1.165, 1.54) is 36.4 Å². The lowest BCUT2D eigenvalue weighted by Gasteiger charge is -2.22. The van der Waals surface area contributed by atoms with Gasteiger partial charge in [0.05, 0.1) is 55.4 Å². The third-order valence-corrected chi connectivity index (χ3v) is 11.4. The van der Waals surface area contributed by atoms with Crippen molar-refractivity contribution in [3.8, 4) is 33.6 Å². The van der Waals surface area contributed by atoms with Crippen LogP contribution in [0.15, 0.2) is 133 Å². The van der Waals surface area contributed by atoms with Crippen LogP contribution in [0.3, 0.4) is 0 Å². The Kier molecular flexibility index (Phi) is 10.3. The van der Waals surface area contributed by atoms with Crippen molar-refractivity contribution in [2.75, 3.05) is 0 Å². The molecular formula is C48H22F18N2. The van der Waals surface area contributed by atoms with Crippen LogP contribution in [0.2, 0.25) is 0 Å². The number of rotatable bonds is 4. The molecule has 2 aromatic heterocycles. The summed E-state index contributed by atoms with van der Waals surface area (Å²) in [6.45, 7) is 0. The Hall–Kier alpha value is -7.12. The summed E-state index contributed by atoms with van der Waals surface area (Å²) in [5.41, 5.74) is -16.2. The molecule has 7 aromatic carbocycles. The number of nitrogens with zero attached hydrogens (tertiary/aromatic N) is 2. The molecule has 0 N–H and O–H groups in total. The lowest BCUT2D eigenvalue weighted by atomic mass is 9.93. The van der Waals surface area contributed by atoms with Crippen molar-refractivity contribution in [1.82, 2.24) is 9.13 Å². The molecule has 0 radical (unpaired) electrons. The summed E-state index contributed by atoms with van der Waals surface area (Å²) in [5, 5.41) is 2.09. The molecule has 0 aliphatic heterocycles. The summed E-state index contributed by atoms with van der Waals surface area (Å²) in [5.74, 6) is 0. The van der Waals surface area contributed by atoms with Crippen LogP contribution in [0.1, 0.15) is 33.4 Å². The number of aromatic nitrogens is 2. The number of para-hydroxylation sites is 2. The topological polar surface area (TPSA) is 9.86 Å². The molecule has 0 saturated heterocycles. The maximum atomic E-state index is 14.1. The second-order valence-electron chi connectivity index (χ2n) is 15.5. The van der Waals surface area contributed by atoms with Gasteiger partial charge in [-0.2, -0.15) is 79.0 Å². The molecule has 350 valence electrons. The molecule has 0 fully saturated rings. The second kappa shape index (κ2) is 15.2. The van der Waals surface area contributed by atoms with Gasteiger partial charge in [-0.25, -0.2) is 0 Å². The first kappa shape index (κ1) is 46.0. The zero-order valence-electron chi connectivity index (χ0n) is 33.4. The van der Waals surface area contributed by atoms with Gasteiger partial charge in [-0.15, -0.1) is 0 Å². The van der Waals surface area contributed by atoms with Crippen molar-refractivity contribution in [2.45, 2.75) is 37.1 Å². The molecule has 0 unspecified atom stereocenters. The number of hydrogen-bond acceptors (Lipinski definition) is 0. The molecule has 0 aliphatic carbocycles. The quantitative estimate of drug-likeness (QED) is 0.156. The van der Waals surface area contributed by atoms with E-state index >= 15 is 0 Å². The summed E-state index contributed by atoms with van der Waals surface area (Å²) in [4.78, 5) is 0. The molecule has 9 rings (SSSR count). The first-order chi connectivity index (χ1) is 31.5. The predicted molar refractivity (Wildman–Crippen MR) is 216 cm³/mol. The van der Waals surface area contributed by atoms with Gasteiger partial charge in [-0.3, -0.25) is 0 Å². The van der Waals surface area contributed by atoms with Crippen LogP contribution in [0, 0.1) is 0 Å². The minimum Gasteiger partial charge on any atom is -0.309 e. The maximum absolute atomic E-state index is 14.1. The standard InChI is InChI=1S/C48H22F18N2/c49-43(50,51)31-19-25(20-32(44(52,53)54)41(31)47(61,62)63)23-7-5-9-27(17-23)67-35-13-3-1-11-29(35)39-37(67)15-16-38-40(39)30-12-2-4-14-36(30)68(38)28-10-6-8-24(18-28)26-21-33(45(55,56)57)42(48(64,65)66)34(22-26)46(58,59)60/h1-22H. The van der Waals surface area contributed by atoms with Crippen molar-refractivity contribution in [3.05, 3.63) is 167 Å². The fraction of sp³-hybridized carbons (Fsp3) is 0.125. The summed E-state index contributed by atoms with van der Waals surface area (Å²) in [6, 6.07) is 26.6. The van der Waals surface area contributed by atoms with E-state index in [0.29, 0.717) is 43.6 Å². The SMILES string of the molecule is FC(F)(F)c1cc(-c2cccc(-n3c4ccccc4c4c5c6ccccc6n(-c6cccc(-c7cc(C(F)(F)F)c(C(F)(F)F)c(C(F)(F)F)c7)c6)c5ccc43)c2)cc(C(F)(F)F)c1C(F)(F)F. The van der Waals surface area contributed by atoms with E-state index in [1.54, 1.807) is 69.8 Å². The molecule has 0 spiro atoms. The third kappa shape index (κ3) is 7.72. The number of halogens is 18. The highest BCUT2D eigenvalue weighted by Gasteiger charge is 2.52. The van der Waals surface area contributed by atoms with Gasteiger partial charge < -0.3 is 9.13 Å². The molecule has 0 bridgehead atoms. The molecular weight excluding hydrogens is 947 g/mol. The Bertz CT molecular complexity index is 3180. The maximum Gasteiger partial charge on any atom is 0.417 e. The Balaban J connectivity index is 1.27. The summed E-state index contributed by atoms with van der Waals surface area (Å²) in [6.07, 6.45) is -35.5. The van der Waals surface area contributed by atoms with Crippen molar-refractivity contribution >= 4 is 43.6 Å². The average Bonchev–Trinajstić information content (AvgIpc) is 3.76. The van der Waals surface area contributed by atoms with Gasteiger partial charge in [-0.05, 0) is 95.1 Å². The molecule has 0 aliphatic rings. The zero-order chi connectivity index (χ0) is 49.3. The average molecular weight is 969 g/mol. The summed E-state index contributed by atoms with van der Waals surface area (Å²) in [7, 11) is 0. The summed E-state index contributed by atoms with van der Waals surface area (Å²) < 4.78 is 256. The minimum absolute atomic E-state index is 0.00151. The van der Waals surface area contributed by atoms with E-state index in [9.17, 15) is 79.0 Å². The zero-order valence-corrected chi connectivity index (χ0v) is 33.4. The lowest BCUT2D eigenvalue weighted by molar-refractivity contribution is -0.174. The smallest absolute Gasteiger partial charge is 0.309 e. The highest BCUT2D eigenvalue weighted by atomic mass is 19.4. The lowest BCUT2D eigenvalue weighted by Crippen LogP contribution is -2.23. The van der Waals surface area contributed by atoms with Crippen LogP contribution in [-0.2, 0) is 37.1 Å². The number of benzene rings is 7. The van der Waals surface area contributed by atoms with E-state index in [-0.39, 0.29) is 46.8 Å². The van der Waals surface area contributed by atoms with Gasteiger partial charge in [0.2, 0.25) is 0 Å². The van der Waals surface area contributed by atoms with E-state index < -0.39 is 81.6 Å². The van der Waals surface area contributed by atoms with Crippen LogP contribution < -0.4 is 0 Å². The minimum atomic E-state index is -6.04. The largest absolute Gasteiger partial charge is 0.417 e. The predicted octanol–water partition coefficient (Wildman–Crippen LogP) is 17.3. The number of hydrogen-bond donors (Lipinski definition) is 0. The first-order valence-corrected chi connectivity index (χ1v) is 19.5. The first-order valence-electron chi connectivity index (χ1n) is 19.5. The fourth-order valence-electron chi connectivity index (χ4n) is 8.85. The molecule has 0 amide bonds. The third-order valence-electron chi connectivity index (χ3n) is 11.4. The Labute approximate surface area is 368 Å². The van der Waals surface area contributed by atoms with Gasteiger partial charge in [0.15, 0.2) is 0 Å². The molecule has 0 saturated carbocycles. The molecule has 2 nitrogen and oxygen atoms in total. The number of alkyl halides is 18. The van der Waals surface area contributed by atoms with Crippen molar-refractivity contribution in [3.63, 3.8) is 0 Å². The van der Waals surface area contributed by atoms with Gasteiger partial charge in [0, 0.05) is 32.9 Å². The molecule has 68 heavy (non-hydrogen) atoms. The normalized spacial score (nSPS) is 13.4. The Morgan fingerprint density at radius 2 is 0.574 bits per heavy atom. The summed E-state index contributed by atoms with van der Waals surface area (Å²) >= 11 is 0. The van der Waals surface area contributed by atoms with Crippen LogP contribution in [0.25, 0.3) is 77.2 Å². The Morgan fingerprint density at radius 1 is 0.265 bits per heavy atom. The molecule has 2 heterocycles. The van der Waals surface area contributed by atoms with Crippen LogP contribution in [-0.4, -0.2) is 9.13 Å². The monoisotopic (exact) mass is 968 g/mol. The van der Waals surface area contributed by atoms with E-state index in [2.05, 4.69) is 0 Å². The second-order valence-corrected chi connectivity index (χ2v) is 15.5. The van der Waals surface area contributed by atoms with Crippen LogP contribution in [0.5, 0.6) is 0 Å². The van der Waals surface area contributed by atoms with Crippen molar-refractivity contribution in [2.24, 2.45) is 0 Å². The van der Waals surface area contributed by atoms with E-state index in [4.69, 9.17) is 0 Å². The molecule has 9 aromatic rings. The highest BCUT2D eigenvalue weighted by Crippen LogP contribution is 2.51. The molecule has 20 heteroatoms. The molecule has 0 atom stereocenters. The van der Waals surface area contributed by atoms with Crippen molar-refractivity contribution in [1.29, 1.82) is 0 Å². The van der Waals surface area contributed by atoms with Gasteiger partial charge >= 0.3 is 37.1 Å². The van der Waals surface area contributed by atoms with E-state index in [0.717, 1.165) is 12.1 Å². The fourth-order valence-corrected chi connectivity index (χ4v) is 8.85. The highest BCUT2D eigenvalue weighted by molar-refractivity contribution is 6.29. The van der Waals surface area contributed by atoms with Crippen LogP contribution in [0.4, 0.5) is 79.0 Å².